The molecule has 0 aliphatic rings. The van der Waals surface area contributed by atoms with Crippen molar-refractivity contribution in [1.29, 1.82) is 5.26 Å². The lowest BCUT2D eigenvalue weighted by Gasteiger charge is -2.08. The van der Waals surface area contributed by atoms with E-state index in [0.717, 1.165) is 16.7 Å². The minimum atomic E-state index is 0.237. The molecule has 17 heavy (non-hydrogen) atoms. The Balaban J connectivity index is 2.65. The third kappa shape index (κ3) is 2.04. The number of aromatic nitrogens is 2. The van der Waals surface area contributed by atoms with E-state index in [1.165, 1.54) is 5.56 Å². The number of hydrogen-bond acceptors (Lipinski definition) is 2. The van der Waals surface area contributed by atoms with E-state index >= 15 is 0 Å². The standard InChI is InChI=1S/C13H12ClN3/c1-7-4-8(2)11(9(3)5-7)13-16-10(6-15)12(14)17-13/h4-5H,1-3H3,(H,16,17). The highest BCUT2D eigenvalue weighted by atomic mass is 35.5. The number of hydrogen-bond donors (Lipinski definition) is 1. The van der Waals surface area contributed by atoms with Crippen molar-refractivity contribution in [3.63, 3.8) is 0 Å². The van der Waals surface area contributed by atoms with Crippen LogP contribution in [-0.4, -0.2) is 9.97 Å². The van der Waals surface area contributed by atoms with Crippen LogP contribution >= 0.6 is 11.6 Å². The van der Waals surface area contributed by atoms with Gasteiger partial charge in [0.1, 0.15) is 17.0 Å². The van der Waals surface area contributed by atoms with Crippen molar-refractivity contribution in [1.82, 2.24) is 9.97 Å². The number of nitrogens with zero attached hydrogens (tertiary/aromatic N) is 2. The van der Waals surface area contributed by atoms with Gasteiger partial charge in [0.2, 0.25) is 0 Å². The second kappa shape index (κ2) is 4.23. The van der Waals surface area contributed by atoms with E-state index in [1.54, 1.807) is 0 Å². The van der Waals surface area contributed by atoms with Gasteiger partial charge >= 0.3 is 0 Å². The highest BCUT2D eigenvalue weighted by molar-refractivity contribution is 6.30. The minimum absolute atomic E-state index is 0.237. The number of nitriles is 1. The summed E-state index contributed by atoms with van der Waals surface area (Å²) in [5, 5.41) is 9.14. The molecule has 4 heteroatoms. The van der Waals surface area contributed by atoms with Gasteiger partial charge in [0.25, 0.3) is 0 Å². The Morgan fingerprint density at radius 2 is 1.82 bits per heavy atom. The molecule has 2 aromatic rings. The fourth-order valence-corrected chi connectivity index (χ4v) is 2.27. The first-order valence-electron chi connectivity index (χ1n) is 5.26. The first kappa shape index (κ1) is 11.7. The van der Waals surface area contributed by atoms with Crippen LogP contribution in [0.4, 0.5) is 0 Å². The molecule has 0 bridgehead atoms. The second-order valence-corrected chi connectivity index (χ2v) is 4.51. The summed E-state index contributed by atoms with van der Waals surface area (Å²) < 4.78 is 0. The Kier molecular flexibility index (Phi) is 2.91. The molecule has 3 nitrogen and oxygen atoms in total. The van der Waals surface area contributed by atoms with Gasteiger partial charge in [0.05, 0.1) is 0 Å². The molecule has 2 rings (SSSR count). The predicted molar refractivity (Wildman–Crippen MR) is 68.0 cm³/mol. The second-order valence-electron chi connectivity index (χ2n) is 4.13. The van der Waals surface area contributed by atoms with Crippen LogP contribution in [0.5, 0.6) is 0 Å². The maximum absolute atomic E-state index is 8.84. The van der Waals surface area contributed by atoms with Crippen molar-refractivity contribution in [2.75, 3.05) is 0 Å². The van der Waals surface area contributed by atoms with Crippen molar-refractivity contribution in [2.24, 2.45) is 0 Å². The summed E-state index contributed by atoms with van der Waals surface area (Å²) in [6, 6.07) is 6.14. The molecular formula is C13H12ClN3. The summed E-state index contributed by atoms with van der Waals surface area (Å²) in [6.45, 7) is 6.11. The molecule has 0 aliphatic carbocycles. The molecule has 0 saturated carbocycles. The maximum atomic E-state index is 8.84. The number of benzene rings is 1. The van der Waals surface area contributed by atoms with Crippen molar-refractivity contribution >= 4 is 11.6 Å². The zero-order valence-electron chi connectivity index (χ0n) is 9.93. The number of aromatic amines is 1. The Morgan fingerprint density at radius 3 is 2.29 bits per heavy atom. The maximum Gasteiger partial charge on any atom is 0.178 e. The van der Waals surface area contributed by atoms with Gasteiger partial charge in [-0.25, -0.2) is 4.98 Å². The summed E-state index contributed by atoms with van der Waals surface area (Å²) in [7, 11) is 0. The molecule has 1 N–H and O–H groups in total. The number of halogens is 1. The smallest absolute Gasteiger partial charge is 0.178 e. The average Bonchev–Trinajstić information content (AvgIpc) is 2.57. The topological polar surface area (TPSA) is 52.5 Å². The molecule has 1 heterocycles. The lowest BCUT2D eigenvalue weighted by atomic mass is 9.99. The fraction of sp³-hybridized carbons (Fsp3) is 0.231. The molecule has 1 aromatic heterocycles. The Bertz CT molecular complexity index is 597. The molecule has 0 radical (unpaired) electrons. The molecule has 1 aromatic carbocycles. The normalized spacial score (nSPS) is 10.3. The van der Waals surface area contributed by atoms with Crippen LogP contribution in [0.2, 0.25) is 5.15 Å². The van der Waals surface area contributed by atoms with Crippen molar-refractivity contribution in [3.05, 3.63) is 39.7 Å². The van der Waals surface area contributed by atoms with E-state index in [9.17, 15) is 0 Å². The quantitative estimate of drug-likeness (QED) is 0.836. The Labute approximate surface area is 105 Å². The first-order valence-corrected chi connectivity index (χ1v) is 5.64. The van der Waals surface area contributed by atoms with Gasteiger partial charge in [0, 0.05) is 5.56 Å². The third-order valence-electron chi connectivity index (χ3n) is 2.68. The molecule has 0 aliphatic heterocycles. The van der Waals surface area contributed by atoms with Crippen LogP contribution in [0.1, 0.15) is 22.4 Å². The molecular weight excluding hydrogens is 234 g/mol. The molecule has 0 amide bonds. The van der Waals surface area contributed by atoms with Crippen molar-refractivity contribution < 1.29 is 0 Å². The predicted octanol–water partition coefficient (Wildman–Crippen LogP) is 3.53. The SMILES string of the molecule is Cc1cc(C)c(-c2nc(C#N)c(Cl)[nH]2)c(C)c1. The van der Waals surface area contributed by atoms with Crippen molar-refractivity contribution in [3.8, 4) is 17.5 Å². The van der Waals surface area contributed by atoms with E-state index in [4.69, 9.17) is 16.9 Å². The van der Waals surface area contributed by atoms with E-state index in [-0.39, 0.29) is 5.69 Å². The molecule has 0 unspecified atom stereocenters. The molecule has 0 fully saturated rings. The van der Waals surface area contributed by atoms with Crippen LogP contribution < -0.4 is 0 Å². The summed E-state index contributed by atoms with van der Waals surface area (Å²) >= 11 is 5.89. The van der Waals surface area contributed by atoms with Gasteiger partial charge in [-0.05, 0) is 31.9 Å². The summed E-state index contributed by atoms with van der Waals surface area (Å²) in [6.07, 6.45) is 0. The fourth-order valence-electron chi connectivity index (χ4n) is 2.10. The molecule has 0 atom stereocenters. The molecule has 86 valence electrons. The van der Waals surface area contributed by atoms with Crippen LogP contribution in [0.25, 0.3) is 11.4 Å². The zero-order valence-corrected chi connectivity index (χ0v) is 10.7. The monoisotopic (exact) mass is 245 g/mol. The first-order chi connectivity index (χ1) is 8.02. The minimum Gasteiger partial charge on any atom is -0.328 e. The van der Waals surface area contributed by atoms with Gasteiger partial charge < -0.3 is 4.98 Å². The van der Waals surface area contributed by atoms with E-state index in [2.05, 4.69) is 29.0 Å². The van der Waals surface area contributed by atoms with Crippen LogP contribution in [0, 0.1) is 32.1 Å². The van der Waals surface area contributed by atoms with Gasteiger partial charge in [-0.15, -0.1) is 0 Å². The number of rotatable bonds is 1. The summed E-state index contributed by atoms with van der Waals surface area (Å²) in [4.78, 5) is 7.15. The van der Waals surface area contributed by atoms with Gasteiger partial charge in [0.15, 0.2) is 5.69 Å². The van der Waals surface area contributed by atoms with Gasteiger partial charge in [-0.2, -0.15) is 5.26 Å². The van der Waals surface area contributed by atoms with E-state index in [1.807, 2.05) is 19.9 Å². The highest BCUT2D eigenvalue weighted by Gasteiger charge is 2.13. The van der Waals surface area contributed by atoms with Crippen LogP contribution in [0.15, 0.2) is 12.1 Å². The number of imidazole rings is 1. The van der Waals surface area contributed by atoms with E-state index in [0.29, 0.717) is 11.0 Å². The third-order valence-corrected chi connectivity index (χ3v) is 2.95. The van der Waals surface area contributed by atoms with Crippen LogP contribution in [-0.2, 0) is 0 Å². The van der Waals surface area contributed by atoms with Crippen LogP contribution in [0.3, 0.4) is 0 Å². The van der Waals surface area contributed by atoms with E-state index < -0.39 is 0 Å². The lowest BCUT2D eigenvalue weighted by molar-refractivity contribution is 1.23. The average molecular weight is 246 g/mol. The zero-order chi connectivity index (χ0) is 12.6. The molecule has 0 saturated heterocycles. The Morgan fingerprint density at radius 1 is 1.24 bits per heavy atom. The number of nitrogens with one attached hydrogen (secondary N) is 1. The number of H-pyrrole nitrogens is 1. The molecule has 0 spiro atoms. The summed E-state index contributed by atoms with van der Waals surface area (Å²) in [5.74, 6) is 0.654. The lowest BCUT2D eigenvalue weighted by Crippen LogP contribution is -1.91. The number of aryl methyl sites for hydroxylation is 3. The summed E-state index contributed by atoms with van der Waals surface area (Å²) in [5.41, 5.74) is 4.71. The Hall–Kier alpha value is -1.79. The highest BCUT2D eigenvalue weighted by Crippen LogP contribution is 2.28. The van der Waals surface area contributed by atoms with Gasteiger partial charge in [-0.3, -0.25) is 0 Å². The van der Waals surface area contributed by atoms with Gasteiger partial charge in [-0.1, -0.05) is 29.3 Å². The van der Waals surface area contributed by atoms with Crippen molar-refractivity contribution in [2.45, 2.75) is 20.8 Å². The largest absolute Gasteiger partial charge is 0.328 e.